The zero-order valence-electron chi connectivity index (χ0n) is 9.59. The van der Waals surface area contributed by atoms with Gasteiger partial charge < -0.3 is 11.1 Å². The molecule has 2 saturated carbocycles. The molecule has 2 rings (SSSR count). The Labute approximate surface area is 91.8 Å². The number of hydrogen-bond donors (Lipinski definition) is 2. The van der Waals surface area contributed by atoms with Crippen LogP contribution < -0.4 is 11.1 Å². The molecule has 2 atom stereocenters. The smallest absolute Gasteiger partial charge is 0.240 e. The van der Waals surface area contributed by atoms with Crippen molar-refractivity contribution in [2.45, 2.75) is 51.0 Å². The van der Waals surface area contributed by atoms with E-state index in [1.54, 1.807) is 0 Å². The van der Waals surface area contributed by atoms with Gasteiger partial charge in [-0.2, -0.15) is 0 Å². The first-order valence-electron chi connectivity index (χ1n) is 6.19. The SMILES string of the molecule is CC1CC1CNC(=O)C1(N)CCCCC1. The van der Waals surface area contributed by atoms with Crippen LogP contribution in [-0.4, -0.2) is 18.0 Å². The maximum absolute atomic E-state index is 11.9. The van der Waals surface area contributed by atoms with Crippen LogP contribution in [0.25, 0.3) is 0 Å². The van der Waals surface area contributed by atoms with Gasteiger partial charge in [0.2, 0.25) is 5.91 Å². The molecule has 0 aromatic rings. The van der Waals surface area contributed by atoms with E-state index in [1.807, 2.05) is 0 Å². The van der Waals surface area contributed by atoms with Crippen LogP contribution in [-0.2, 0) is 4.79 Å². The van der Waals surface area contributed by atoms with Crippen LogP contribution >= 0.6 is 0 Å². The predicted molar refractivity (Wildman–Crippen MR) is 60.3 cm³/mol. The van der Waals surface area contributed by atoms with Gasteiger partial charge in [0.25, 0.3) is 0 Å². The minimum absolute atomic E-state index is 0.0845. The maximum Gasteiger partial charge on any atom is 0.240 e. The van der Waals surface area contributed by atoms with Crippen molar-refractivity contribution in [1.82, 2.24) is 5.32 Å². The lowest BCUT2D eigenvalue weighted by molar-refractivity contribution is -0.127. The third-order valence-corrected chi connectivity index (χ3v) is 4.00. The molecule has 0 aliphatic heterocycles. The third-order valence-electron chi connectivity index (χ3n) is 4.00. The van der Waals surface area contributed by atoms with Crippen LogP contribution in [0.1, 0.15) is 45.4 Å². The summed E-state index contributed by atoms with van der Waals surface area (Å²) >= 11 is 0. The van der Waals surface area contributed by atoms with Gasteiger partial charge in [-0.3, -0.25) is 4.79 Å². The molecular weight excluding hydrogens is 188 g/mol. The normalized spacial score (nSPS) is 33.5. The summed E-state index contributed by atoms with van der Waals surface area (Å²) in [6, 6.07) is 0. The molecule has 86 valence electrons. The van der Waals surface area contributed by atoms with E-state index in [9.17, 15) is 4.79 Å². The van der Waals surface area contributed by atoms with Crippen LogP contribution in [0.5, 0.6) is 0 Å². The second-order valence-electron chi connectivity index (χ2n) is 5.40. The summed E-state index contributed by atoms with van der Waals surface area (Å²) < 4.78 is 0. The lowest BCUT2D eigenvalue weighted by Crippen LogP contribution is -2.55. The molecule has 3 nitrogen and oxygen atoms in total. The van der Waals surface area contributed by atoms with E-state index in [0.29, 0.717) is 5.92 Å². The molecule has 0 spiro atoms. The molecule has 2 unspecified atom stereocenters. The number of rotatable bonds is 3. The third kappa shape index (κ3) is 2.51. The molecular formula is C12H22N2O. The topological polar surface area (TPSA) is 55.1 Å². The Morgan fingerprint density at radius 2 is 2.00 bits per heavy atom. The summed E-state index contributed by atoms with van der Waals surface area (Å²) in [7, 11) is 0. The lowest BCUT2D eigenvalue weighted by atomic mass is 9.82. The Hall–Kier alpha value is -0.570. The monoisotopic (exact) mass is 210 g/mol. The first-order valence-corrected chi connectivity index (χ1v) is 6.19. The molecule has 2 aliphatic carbocycles. The minimum atomic E-state index is -0.559. The number of nitrogens with two attached hydrogens (primary N) is 1. The molecule has 0 radical (unpaired) electrons. The van der Waals surface area contributed by atoms with Crippen LogP contribution in [0.3, 0.4) is 0 Å². The predicted octanol–water partition coefficient (Wildman–Crippen LogP) is 1.42. The fourth-order valence-electron chi connectivity index (χ4n) is 2.49. The Morgan fingerprint density at radius 3 is 2.53 bits per heavy atom. The molecule has 1 amide bonds. The fraction of sp³-hybridized carbons (Fsp3) is 0.917. The van der Waals surface area contributed by atoms with Gasteiger partial charge in [-0.1, -0.05) is 26.2 Å². The second-order valence-corrected chi connectivity index (χ2v) is 5.40. The highest BCUT2D eigenvalue weighted by Crippen LogP contribution is 2.37. The van der Waals surface area contributed by atoms with Crippen molar-refractivity contribution >= 4 is 5.91 Å². The van der Waals surface area contributed by atoms with Crippen molar-refractivity contribution in [3.8, 4) is 0 Å². The highest BCUT2D eigenvalue weighted by Gasteiger charge is 2.37. The van der Waals surface area contributed by atoms with Gasteiger partial charge in [0, 0.05) is 6.54 Å². The van der Waals surface area contributed by atoms with Crippen molar-refractivity contribution in [1.29, 1.82) is 0 Å². The second kappa shape index (κ2) is 4.12. The highest BCUT2D eigenvalue weighted by atomic mass is 16.2. The summed E-state index contributed by atoms with van der Waals surface area (Å²) in [6.45, 7) is 3.06. The van der Waals surface area contributed by atoms with Crippen LogP contribution in [0.15, 0.2) is 0 Å². The molecule has 2 fully saturated rings. The fourth-order valence-corrected chi connectivity index (χ4v) is 2.49. The van der Waals surface area contributed by atoms with Gasteiger partial charge in [-0.15, -0.1) is 0 Å². The quantitative estimate of drug-likeness (QED) is 0.740. The molecule has 0 heterocycles. The molecule has 0 aromatic carbocycles. The van der Waals surface area contributed by atoms with Gasteiger partial charge in [0.15, 0.2) is 0 Å². The zero-order chi connectivity index (χ0) is 10.9. The maximum atomic E-state index is 11.9. The van der Waals surface area contributed by atoms with E-state index in [2.05, 4.69) is 12.2 Å². The van der Waals surface area contributed by atoms with E-state index >= 15 is 0 Å². The number of nitrogens with one attached hydrogen (secondary N) is 1. The van der Waals surface area contributed by atoms with Crippen LogP contribution in [0.4, 0.5) is 0 Å². The van der Waals surface area contributed by atoms with Gasteiger partial charge in [0.1, 0.15) is 0 Å². The molecule has 0 saturated heterocycles. The number of carbonyl (C=O) groups excluding carboxylic acids is 1. The summed E-state index contributed by atoms with van der Waals surface area (Å²) in [5.74, 6) is 1.59. The average Bonchev–Trinajstić information content (AvgIpc) is 2.92. The molecule has 0 aromatic heterocycles. The standard InChI is InChI=1S/C12H22N2O/c1-9-7-10(9)8-14-11(15)12(13)5-3-2-4-6-12/h9-10H,2-8,13H2,1H3,(H,14,15). The Balaban J connectivity index is 1.78. The highest BCUT2D eigenvalue weighted by molar-refractivity contribution is 5.86. The average molecular weight is 210 g/mol. The van der Waals surface area contributed by atoms with Crippen molar-refractivity contribution in [2.75, 3.05) is 6.54 Å². The summed E-state index contributed by atoms with van der Waals surface area (Å²) in [5.41, 5.74) is 5.57. The first-order chi connectivity index (χ1) is 7.12. The Morgan fingerprint density at radius 1 is 1.40 bits per heavy atom. The van der Waals surface area contributed by atoms with Crippen LogP contribution in [0, 0.1) is 11.8 Å². The summed E-state index contributed by atoms with van der Waals surface area (Å²) in [4.78, 5) is 11.9. The van der Waals surface area contributed by atoms with Gasteiger partial charge in [0.05, 0.1) is 5.54 Å². The van der Waals surface area contributed by atoms with Crippen molar-refractivity contribution in [3.05, 3.63) is 0 Å². The number of hydrogen-bond acceptors (Lipinski definition) is 2. The van der Waals surface area contributed by atoms with Crippen LogP contribution in [0.2, 0.25) is 0 Å². The number of amides is 1. The molecule has 15 heavy (non-hydrogen) atoms. The van der Waals surface area contributed by atoms with Crippen molar-refractivity contribution in [3.63, 3.8) is 0 Å². The van der Waals surface area contributed by atoms with Gasteiger partial charge >= 0.3 is 0 Å². The Kier molecular flexibility index (Phi) is 3.01. The Bertz CT molecular complexity index is 246. The minimum Gasteiger partial charge on any atom is -0.354 e. The van der Waals surface area contributed by atoms with E-state index in [1.165, 1.54) is 12.8 Å². The largest absolute Gasteiger partial charge is 0.354 e. The van der Waals surface area contributed by atoms with E-state index in [4.69, 9.17) is 5.73 Å². The molecule has 0 bridgehead atoms. The summed E-state index contributed by atoms with van der Waals surface area (Å²) in [5, 5.41) is 3.02. The van der Waals surface area contributed by atoms with E-state index < -0.39 is 5.54 Å². The van der Waals surface area contributed by atoms with Gasteiger partial charge in [-0.25, -0.2) is 0 Å². The zero-order valence-corrected chi connectivity index (χ0v) is 9.59. The molecule has 3 N–H and O–H groups in total. The van der Waals surface area contributed by atoms with E-state index in [-0.39, 0.29) is 5.91 Å². The van der Waals surface area contributed by atoms with Crippen molar-refractivity contribution < 1.29 is 4.79 Å². The first kappa shape index (κ1) is 10.9. The molecule has 2 aliphatic rings. The number of carbonyl (C=O) groups is 1. The summed E-state index contributed by atoms with van der Waals surface area (Å²) in [6.07, 6.45) is 6.41. The van der Waals surface area contributed by atoms with Crippen molar-refractivity contribution in [2.24, 2.45) is 17.6 Å². The lowest BCUT2D eigenvalue weighted by Gasteiger charge is -2.31. The van der Waals surface area contributed by atoms with E-state index in [0.717, 1.165) is 38.1 Å². The van der Waals surface area contributed by atoms with Gasteiger partial charge in [-0.05, 0) is 31.1 Å². The molecule has 3 heteroatoms.